The molecule has 0 saturated carbocycles. The van der Waals surface area contributed by atoms with E-state index in [0.717, 1.165) is 50.5 Å². The van der Waals surface area contributed by atoms with E-state index in [1.165, 1.54) is 5.19 Å². The standard InChI is InChI=1S/C45H54BrN3O7Si/c1-6-55-35-15-19-39-31(25-35)26-38(47-21-7-8-22-50)43(52)49(39)33-11-9-10-30(24-33)28-48-40-18-12-32(46)27-37(40)45(44(48)53)29(2)42(41(56-45)20-23-51)57(4,5)36-16-13-34(54-3)14-17-36/h9-19,24-25,27,29,38,41-42,47,50-51H,6-8,20-23,26,28H2,1-5H3/t29-,38?,41+,42-,45+/m1/s1. The number of unbranched alkanes of at least 4 members (excludes halogenated alkanes) is 1. The van der Waals surface area contributed by atoms with E-state index in [4.69, 9.17) is 14.2 Å². The Morgan fingerprint density at radius 1 is 0.947 bits per heavy atom. The number of methoxy groups -OCH3 is 1. The number of aliphatic hydroxyl groups excluding tert-OH is 2. The lowest BCUT2D eigenvalue weighted by Gasteiger charge is -2.37. The van der Waals surface area contributed by atoms with Crippen molar-refractivity contribution in [1.82, 2.24) is 5.32 Å². The number of carbonyl (C=O) groups excluding carboxylic acids is 2. The summed E-state index contributed by atoms with van der Waals surface area (Å²) >= 11 is 3.70. The zero-order chi connectivity index (χ0) is 40.5. The quantitative estimate of drug-likeness (QED) is 0.0869. The second-order valence-corrected chi connectivity index (χ2v) is 21.5. The van der Waals surface area contributed by atoms with Crippen molar-refractivity contribution in [1.29, 1.82) is 0 Å². The first kappa shape index (κ1) is 41.1. The van der Waals surface area contributed by atoms with Crippen LogP contribution >= 0.6 is 15.9 Å². The predicted octanol–water partition coefficient (Wildman–Crippen LogP) is 6.95. The van der Waals surface area contributed by atoms with Crippen LogP contribution in [-0.2, 0) is 32.9 Å². The summed E-state index contributed by atoms with van der Waals surface area (Å²) in [5.74, 6) is 1.18. The van der Waals surface area contributed by atoms with Crippen LogP contribution in [0.3, 0.4) is 0 Å². The Labute approximate surface area is 345 Å². The van der Waals surface area contributed by atoms with E-state index >= 15 is 4.79 Å². The molecule has 2 amide bonds. The van der Waals surface area contributed by atoms with Crippen LogP contribution in [0.25, 0.3) is 0 Å². The number of carbonyl (C=O) groups is 2. The molecule has 10 nitrogen and oxygen atoms in total. The lowest BCUT2D eigenvalue weighted by atomic mass is 9.82. The highest BCUT2D eigenvalue weighted by molar-refractivity contribution is 9.10. The minimum atomic E-state index is -2.32. The number of rotatable bonds is 15. The molecule has 7 rings (SSSR count). The van der Waals surface area contributed by atoms with Gasteiger partial charge in [-0.3, -0.25) is 14.5 Å². The van der Waals surface area contributed by atoms with Crippen LogP contribution in [0.5, 0.6) is 11.5 Å². The van der Waals surface area contributed by atoms with E-state index in [0.29, 0.717) is 38.1 Å². The molecule has 12 heteroatoms. The molecule has 0 aromatic heterocycles. The lowest BCUT2D eigenvalue weighted by Crippen LogP contribution is -2.51. The van der Waals surface area contributed by atoms with Crippen LogP contribution in [-0.4, -0.2) is 75.7 Å². The Morgan fingerprint density at radius 2 is 1.70 bits per heavy atom. The summed E-state index contributed by atoms with van der Waals surface area (Å²) in [5.41, 5.74) is 3.79. The highest BCUT2D eigenvalue weighted by Gasteiger charge is 2.66. The van der Waals surface area contributed by atoms with Crippen LogP contribution in [0.4, 0.5) is 17.1 Å². The molecule has 3 heterocycles. The van der Waals surface area contributed by atoms with Crippen molar-refractivity contribution in [2.24, 2.45) is 5.92 Å². The zero-order valence-corrected chi connectivity index (χ0v) is 36.1. The average molecular weight is 857 g/mol. The minimum absolute atomic E-state index is 0.0238. The molecular weight excluding hydrogens is 802 g/mol. The molecule has 1 spiro atoms. The molecule has 57 heavy (non-hydrogen) atoms. The molecule has 1 unspecified atom stereocenters. The van der Waals surface area contributed by atoms with Crippen LogP contribution < -0.4 is 29.8 Å². The third-order valence-corrected chi connectivity index (χ3v) is 17.1. The number of benzene rings is 4. The molecule has 4 aromatic rings. The number of nitrogens with zero attached hydrogens (tertiary/aromatic N) is 2. The summed E-state index contributed by atoms with van der Waals surface area (Å²) in [4.78, 5) is 33.1. The topological polar surface area (TPSA) is 121 Å². The molecule has 3 aliphatic heterocycles. The van der Waals surface area contributed by atoms with Crippen molar-refractivity contribution in [3.8, 4) is 11.5 Å². The Kier molecular flexibility index (Phi) is 12.3. The summed E-state index contributed by atoms with van der Waals surface area (Å²) in [6.45, 7) is 10.3. The Bertz CT molecular complexity index is 2100. The second kappa shape index (κ2) is 17.0. The molecule has 0 radical (unpaired) electrons. The lowest BCUT2D eigenvalue weighted by molar-refractivity contribution is -0.146. The second-order valence-electron chi connectivity index (χ2n) is 15.9. The van der Waals surface area contributed by atoms with Gasteiger partial charge in [-0.25, -0.2) is 0 Å². The highest BCUT2D eigenvalue weighted by atomic mass is 79.9. The van der Waals surface area contributed by atoms with Gasteiger partial charge in [-0.05, 0) is 116 Å². The molecule has 3 N–H and O–H groups in total. The zero-order valence-electron chi connectivity index (χ0n) is 33.5. The number of hydrogen-bond donors (Lipinski definition) is 3. The van der Waals surface area contributed by atoms with E-state index in [9.17, 15) is 15.0 Å². The molecule has 0 aliphatic carbocycles. The van der Waals surface area contributed by atoms with Gasteiger partial charge in [0.1, 0.15) is 11.5 Å². The fourth-order valence-corrected chi connectivity index (χ4v) is 14.0. The Balaban J connectivity index is 1.23. The van der Waals surface area contributed by atoms with E-state index in [2.05, 4.69) is 53.4 Å². The molecule has 302 valence electrons. The molecule has 4 aromatic carbocycles. The maximum absolute atomic E-state index is 15.3. The third-order valence-electron chi connectivity index (χ3n) is 12.2. The first-order valence-corrected chi connectivity index (χ1v) is 23.9. The van der Waals surface area contributed by atoms with E-state index < -0.39 is 19.7 Å². The van der Waals surface area contributed by atoms with Gasteiger partial charge >= 0.3 is 0 Å². The SMILES string of the molecule is CCOc1ccc2c(c1)CC(NCCCCO)C(=O)N2c1cccc(CN2C(=O)[C@@]3(O[C@@H](CCO)[C@H]([Si](C)(C)c4ccc(OC)cc4)[C@H]3C)c3cc(Br)ccc32)c1. The van der Waals surface area contributed by atoms with Crippen LogP contribution in [0.2, 0.25) is 18.6 Å². The van der Waals surface area contributed by atoms with Gasteiger partial charge in [-0.1, -0.05) is 65.4 Å². The molecule has 3 aliphatic rings. The van der Waals surface area contributed by atoms with Crippen LogP contribution in [0, 0.1) is 5.92 Å². The fourth-order valence-electron chi connectivity index (χ4n) is 9.54. The largest absolute Gasteiger partial charge is 0.497 e. The van der Waals surface area contributed by atoms with E-state index in [-0.39, 0.29) is 49.1 Å². The number of halogens is 1. The highest BCUT2D eigenvalue weighted by Crippen LogP contribution is 2.60. The van der Waals surface area contributed by atoms with Crippen molar-refractivity contribution in [2.75, 3.05) is 43.3 Å². The van der Waals surface area contributed by atoms with Gasteiger partial charge in [-0.15, -0.1) is 0 Å². The monoisotopic (exact) mass is 855 g/mol. The van der Waals surface area contributed by atoms with Crippen molar-refractivity contribution in [3.63, 3.8) is 0 Å². The average Bonchev–Trinajstić information content (AvgIpc) is 3.62. The van der Waals surface area contributed by atoms with E-state index in [1.54, 1.807) is 12.0 Å². The Hall–Kier alpha value is -4.04. The van der Waals surface area contributed by atoms with Gasteiger partial charge in [0.15, 0.2) is 5.60 Å². The van der Waals surface area contributed by atoms with Crippen LogP contribution in [0.1, 0.15) is 49.8 Å². The van der Waals surface area contributed by atoms with Gasteiger partial charge in [0, 0.05) is 34.9 Å². The predicted molar refractivity (Wildman–Crippen MR) is 230 cm³/mol. The normalized spacial score (nSPS) is 22.9. The van der Waals surface area contributed by atoms with Gasteiger partial charge < -0.3 is 34.6 Å². The first-order chi connectivity index (χ1) is 27.5. The van der Waals surface area contributed by atoms with Crippen LogP contribution in [0.15, 0.2) is 89.4 Å². The third kappa shape index (κ3) is 7.56. The van der Waals surface area contributed by atoms with Gasteiger partial charge in [0.05, 0.1) is 51.9 Å². The van der Waals surface area contributed by atoms with E-state index in [1.807, 2.05) is 84.6 Å². The summed E-state index contributed by atoms with van der Waals surface area (Å²) in [7, 11) is -0.662. The first-order valence-electron chi connectivity index (χ1n) is 20.1. The minimum Gasteiger partial charge on any atom is -0.497 e. The maximum Gasteiger partial charge on any atom is 0.264 e. The summed E-state index contributed by atoms with van der Waals surface area (Å²) in [5, 5.41) is 24.3. The summed E-state index contributed by atoms with van der Waals surface area (Å²) < 4.78 is 19.3. The molecule has 1 saturated heterocycles. The molecule has 0 bridgehead atoms. The van der Waals surface area contributed by atoms with Crippen molar-refractivity contribution < 1.29 is 34.0 Å². The van der Waals surface area contributed by atoms with Crippen molar-refractivity contribution in [3.05, 3.63) is 106 Å². The fraction of sp³-hybridized carbons (Fsp3) is 0.422. The summed E-state index contributed by atoms with van der Waals surface area (Å²) in [6, 6.07) is 27.5. The Morgan fingerprint density at radius 3 is 2.42 bits per heavy atom. The number of fused-ring (bicyclic) bond motifs is 3. The van der Waals surface area contributed by atoms with Crippen molar-refractivity contribution in [2.45, 2.75) is 82.5 Å². The van der Waals surface area contributed by atoms with Gasteiger partial charge in [0.25, 0.3) is 5.91 Å². The number of nitrogens with one attached hydrogen (secondary N) is 1. The molecule has 5 atom stereocenters. The summed E-state index contributed by atoms with van der Waals surface area (Å²) in [6.07, 6.45) is 2.05. The number of ether oxygens (including phenoxy) is 3. The van der Waals surface area contributed by atoms with Crippen molar-refractivity contribution >= 4 is 58.1 Å². The molecular formula is C45H54BrN3O7Si. The smallest absolute Gasteiger partial charge is 0.264 e. The molecule has 1 fully saturated rings. The van der Waals surface area contributed by atoms with Gasteiger partial charge in [0.2, 0.25) is 5.91 Å². The van der Waals surface area contributed by atoms with Gasteiger partial charge in [-0.2, -0.15) is 0 Å². The number of aliphatic hydroxyl groups is 2. The number of anilines is 3. The maximum atomic E-state index is 15.3. The number of hydrogen-bond acceptors (Lipinski definition) is 8. The number of amides is 2.